The summed E-state index contributed by atoms with van der Waals surface area (Å²) < 4.78 is 37.1. The molecule has 1 aliphatic rings. The van der Waals surface area contributed by atoms with E-state index in [0.29, 0.717) is 0 Å². The lowest BCUT2D eigenvalue weighted by Crippen LogP contribution is -2.48. The molecule has 0 radical (unpaired) electrons. The molecule has 0 atom stereocenters. The number of carbonyl (C=O) groups excluding carboxylic acids is 1. The molecule has 0 aromatic carbocycles. The quantitative estimate of drug-likeness (QED) is 0.834. The van der Waals surface area contributed by atoms with Crippen LogP contribution >= 0.6 is 0 Å². The normalized spacial score (nSPS) is 20.4. The zero-order valence-corrected chi connectivity index (χ0v) is 11.8. The first kappa shape index (κ1) is 16.6. The summed E-state index contributed by atoms with van der Waals surface area (Å²) in [4.78, 5) is 22.7. The third-order valence-corrected chi connectivity index (χ3v) is 4.27. The van der Waals surface area contributed by atoms with Crippen molar-refractivity contribution in [2.45, 2.75) is 39.9 Å². The smallest absolute Gasteiger partial charge is 0.406 e. The molecular formula is C12H19F3N2O3. The highest BCUT2D eigenvalue weighted by molar-refractivity contribution is 5.80. The minimum atomic E-state index is -4.64. The fourth-order valence-corrected chi connectivity index (χ4v) is 2.35. The first-order chi connectivity index (χ1) is 8.79. The van der Waals surface area contributed by atoms with Crippen molar-refractivity contribution in [2.24, 2.45) is 10.8 Å². The number of nitrogens with one attached hydrogen (secondary N) is 1. The summed E-state index contributed by atoms with van der Waals surface area (Å²) in [5.74, 6) is -1.49. The maximum absolute atomic E-state index is 12.4. The van der Waals surface area contributed by atoms with Crippen LogP contribution in [0, 0.1) is 10.8 Å². The lowest BCUT2D eigenvalue weighted by Gasteiger charge is -2.23. The Morgan fingerprint density at radius 3 is 1.95 bits per heavy atom. The van der Waals surface area contributed by atoms with Gasteiger partial charge in [0.1, 0.15) is 13.1 Å². The number of alkyl halides is 3. The molecule has 20 heavy (non-hydrogen) atoms. The molecule has 0 spiro atoms. The lowest BCUT2D eigenvalue weighted by atomic mass is 10.0. The molecule has 1 rings (SSSR count). The minimum Gasteiger partial charge on any atom is -0.480 e. The summed E-state index contributed by atoms with van der Waals surface area (Å²) >= 11 is 0. The van der Waals surface area contributed by atoms with Crippen LogP contribution in [0.25, 0.3) is 0 Å². The van der Waals surface area contributed by atoms with Crippen LogP contribution in [0.3, 0.4) is 0 Å². The van der Waals surface area contributed by atoms with Gasteiger partial charge in [0.25, 0.3) is 0 Å². The summed E-state index contributed by atoms with van der Waals surface area (Å²) in [6.45, 7) is 5.00. The number of amides is 2. The van der Waals surface area contributed by atoms with Crippen molar-refractivity contribution in [1.29, 1.82) is 0 Å². The number of aliphatic carboxylic acids is 1. The molecule has 0 bridgehead atoms. The number of nitrogens with zero attached hydrogens (tertiary/aromatic N) is 1. The highest BCUT2D eigenvalue weighted by Crippen LogP contribution is 2.62. The van der Waals surface area contributed by atoms with Crippen molar-refractivity contribution < 1.29 is 27.9 Å². The number of urea groups is 1. The Kier molecular flexibility index (Phi) is 4.00. The van der Waals surface area contributed by atoms with Crippen molar-refractivity contribution in [1.82, 2.24) is 10.2 Å². The van der Waals surface area contributed by atoms with Gasteiger partial charge < -0.3 is 15.3 Å². The molecule has 0 unspecified atom stereocenters. The van der Waals surface area contributed by atoms with E-state index in [1.807, 2.05) is 27.7 Å². The second kappa shape index (κ2) is 4.82. The molecule has 0 saturated heterocycles. The largest absolute Gasteiger partial charge is 0.480 e. The van der Waals surface area contributed by atoms with Crippen LogP contribution in [0.4, 0.5) is 18.0 Å². The van der Waals surface area contributed by atoms with Gasteiger partial charge in [0, 0.05) is 6.04 Å². The molecular weight excluding hydrogens is 277 g/mol. The van der Waals surface area contributed by atoms with E-state index in [0.717, 1.165) is 0 Å². The Balaban J connectivity index is 2.73. The monoisotopic (exact) mass is 296 g/mol. The van der Waals surface area contributed by atoms with Gasteiger partial charge in [0.15, 0.2) is 0 Å². The number of carboxylic acid groups (broad SMARTS) is 1. The summed E-state index contributed by atoms with van der Waals surface area (Å²) in [5, 5.41) is 11.1. The third-order valence-electron chi connectivity index (χ3n) is 4.27. The maximum Gasteiger partial charge on any atom is 0.406 e. The molecule has 1 fully saturated rings. The Bertz CT molecular complexity index is 405. The molecule has 1 saturated carbocycles. The average molecular weight is 296 g/mol. The van der Waals surface area contributed by atoms with E-state index in [2.05, 4.69) is 5.32 Å². The van der Waals surface area contributed by atoms with Gasteiger partial charge in [0.2, 0.25) is 0 Å². The fourth-order valence-electron chi connectivity index (χ4n) is 2.35. The van der Waals surface area contributed by atoms with Crippen molar-refractivity contribution in [3.05, 3.63) is 0 Å². The van der Waals surface area contributed by atoms with Gasteiger partial charge in [-0.15, -0.1) is 0 Å². The highest BCUT2D eigenvalue weighted by atomic mass is 19.4. The molecule has 8 heteroatoms. The van der Waals surface area contributed by atoms with Crippen LogP contribution in [0.15, 0.2) is 0 Å². The molecule has 0 aromatic rings. The van der Waals surface area contributed by atoms with Gasteiger partial charge in [-0.25, -0.2) is 4.79 Å². The number of halogens is 3. The number of hydrogen-bond donors (Lipinski definition) is 2. The summed E-state index contributed by atoms with van der Waals surface area (Å²) in [7, 11) is 0. The summed E-state index contributed by atoms with van der Waals surface area (Å²) in [5.41, 5.74) is -0.481. The average Bonchev–Trinajstić information content (AvgIpc) is 2.56. The van der Waals surface area contributed by atoms with Crippen molar-refractivity contribution in [3.63, 3.8) is 0 Å². The fraction of sp³-hybridized carbons (Fsp3) is 0.833. The van der Waals surface area contributed by atoms with E-state index in [1.165, 1.54) is 0 Å². The van der Waals surface area contributed by atoms with Crippen molar-refractivity contribution >= 4 is 12.0 Å². The molecule has 116 valence electrons. The molecule has 2 N–H and O–H groups in total. The van der Waals surface area contributed by atoms with Gasteiger partial charge in [-0.2, -0.15) is 13.2 Å². The maximum atomic E-state index is 12.4. The van der Waals surface area contributed by atoms with Gasteiger partial charge >= 0.3 is 18.2 Å². The molecule has 2 amide bonds. The van der Waals surface area contributed by atoms with Crippen LogP contribution in [0.1, 0.15) is 27.7 Å². The van der Waals surface area contributed by atoms with Gasteiger partial charge in [-0.3, -0.25) is 4.79 Å². The topological polar surface area (TPSA) is 69.6 Å². The van der Waals surface area contributed by atoms with Crippen LogP contribution in [0.5, 0.6) is 0 Å². The standard InChI is InChI=1S/C12H19F3N2O3/c1-10(2)8(11(10,3)4)16-9(20)17(5-7(18)19)6-12(13,14)15/h8H,5-6H2,1-4H3,(H,16,20)(H,18,19). The predicted octanol–water partition coefficient (Wildman–Crippen LogP) is 2.08. The Morgan fingerprint density at radius 2 is 1.65 bits per heavy atom. The first-order valence-electron chi connectivity index (χ1n) is 6.13. The molecule has 0 aliphatic heterocycles. The Hall–Kier alpha value is -1.47. The van der Waals surface area contributed by atoms with E-state index in [9.17, 15) is 22.8 Å². The SMILES string of the molecule is CC1(C)C(NC(=O)N(CC(=O)O)CC(F)(F)F)C1(C)C. The van der Waals surface area contributed by atoms with Crippen molar-refractivity contribution in [3.8, 4) is 0 Å². The number of rotatable bonds is 4. The van der Waals surface area contributed by atoms with E-state index in [1.54, 1.807) is 0 Å². The third kappa shape index (κ3) is 3.34. The van der Waals surface area contributed by atoms with E-state index < -0.39 is 31.3 Å². The van der Waals surface area contributed by atoms with Crippen LogP contribution in [-0.4, -0.2) is 47.3 Å². The van der Waals surface area contributed by atoms with Crippen LogP contribution < -0.4 is 5.32 Å². The Morgan fingerprint density at radius 1 is 1.20 bits per heavy atom. The van der Waals surface area contributed by atoms with E-state index >= 15 is 0 Å². The molecule has 0 heterocycles. The second-order valence-electron chi connectivity index (χ2n) is 6.19. The zero-order valence-electron chi connectivity index (χ0n) is 11.8. The van der Waals surface area contributed by atoms with Crippen LogP contribution in [-0.2, 0) is 4.79 Å². The number of hydrogen-bond acceptors (Lipinski definition) is 2. The zero-order chi connectivity index (χ0) is 15.9. The van der Waals surface area contributed by atoms with Gasteiger partial charge in [-0.05, 0) is 10.8 Å². The highest BCUT2D eigenvalue weighted by Gasteiger charge is 2.65. The first-order valence-corrected chi connectivity index (χ1v) is 6.13. The van der Waals surface area contributed by atoms with E-state index in [4.69, 9.17) is 5.11 Å². The van der Waals surface area contributed by atoms with Gasteiger partial charge in [0.05, 0.1) is 0 Å². The molecule has 0 aromatic heterocycles. The van der Waals surface area contributed by atoms with Gasteiger partial charge in [-0.1, -0.05) is 27.7 Å². The number of carboxylic acids is 1. The summed E-state index contributed by atoms with van der Waals surface area (Å²) in [6, 6.07) is -1.29. The molecule has 5 nitrogen and oxygen atoms in total. The molecule has 1 aliphatic carbocycles. The Labute approximate surface area is 115 Å². The van der Waals surface area contributed by atoms with Crippen molar-refractivity contribution in [2.75, 3.05) is 13.1 Å². The van der Waals surface area contributed by atoms with E-state index in [-0.39, 0.29) is 21.8 Å². The lowest BCUT2D eigenvalue weighted by molar-refractivity contribution is -0.149. The minimum absolute atomic E-state index is 0.240. The second-order valence-corrected chi connectivity index (χ2v) is 6.19. The van der Waals surface area contributed by atoms with Crippen LogP contribution in [0.2, 0.25) is 0 Å². The predicted molar refractivity (Wildman–Crippen MR) is 65.1 cm³/mol. The summed E-state index contributed by atoms with van der Waals surface area (Å²) in [6.07, 6.45) is -4.64. The number of carbonyl (C=O) groups is 2.